The SMILES string of the molecule is C=CCS(=O)(=O)c1ccccc1-c1ccccc1B(O)O. The molecule has 2 rings (SSSR count). The summed E-state index contributed by atoms with van der Waals surface area (Å²) in [5.74, 6) is -0.173. The summed E-state index contributed by atoms with van der Waals surface area (Å²) in [6, 6.07) is 13.1. The number of rotatable bonds is 5. The van der Waals surface area contributed by atoms with E-state index < -0.39 is 17.0 Å². The van der Waals surface area contributed by atoms with Gasteiger partial charge in [-0.15, -0.1) is 6.58 Å². The Balaban J connectivity index is 2.70. The number of hydrogen-bond acceptors (Lipinski definition) is 4. The van der Waals surface area contributed by atoms with Crippen LogP contribution in [0.1, 0.15) is 0 Å². The molecule has 0 amide bonds. The second-order valence-corrected chi connectivity index (χ2v) is 6.53. The zero-order valence-electron chi connectivity index (χ0n) is 11.3. The van der Waals surface area contributed by atoms with Crippen LogP contribution < -0.4 is 5.46 Å². The predicted octanol–water partition coefficient (Wildman–Crippen LogP) is 0.993. The molecule has 6 heteroatoms. The largest absolute Gasteiger partial charge is 0.489 e. The van der Waals surface area contributed by atoms with Crippen molar-refractivity contribution in [1.82, 2.24) is 0 Å². The molecule has 0 saturated carbocycles. The summed E-state index contributed by atoms with van der Waals surface area (Å²) in [6.45, 7) is 3.46. The number of benzene rings is 2. The van der Waals surface area contributed by atoms with E-state index in [2.05, 4.69) is 6.58 Å². The molecular formula is C15H15BO4S. The summed E-state index contributed by atoms with van der Waals surface area (Å²) in [5, 5.41) is 18.9. The molecule has 0 atom stereocenters. The maximum atomic E-state index is 12.3. The van der Waals surface area contributed by atoms with Gasteiger partial charge in [0.15, 0.2) is 9.84 Å². The zero-order chi connectivity index (χ0) is 15.5. The predicted molar refractivity (Wildman–Crippen MR) is 84.0 cm³/mol. The maximum Gasteiger partial charge on any atom is 0.489 e. The van der Waals surface area contributed by atoms with Crippen molar-refractivity contribution < 1.29 is 18.5 Å². The Morgan fingerprint density at radius 2 is 1.57 bits per heavy atom. The molecule has 2 N–H and O–H groups in total. The van der Waals surface area contributed by atoms with Gasteiger partial charge in [-0.3, -0.25) is 0 Å². The fourth-order valence-electron chi connectivity index (χ4n) is 2.17. The first-order chi connectivity index (χ1) is 9.97. The fourth-order valence-corrected chi connectivity index (χ4v) is 3.46. The molecule has 0 aliphatic heterocycles. The second kappa shape index (κ2) is 6.26. The number of sulfone groups is 1. The molecule has 108 valence electrons. The molecule has 0 bridgehead atoms. The van der Waals surface area contributed by atoms with E-state index in [4.69, 9.17) is 0 Å². The van der Waals surface area contributed by atoms with E-state index in [0.717, 1.165) is 0 Å². The Kier molecular flexibility index (Phi) is 4.62. The van der Waals surface area contributed by atoms with Crippen LogP contribution in [-0.4, -0.2) is 31.3 Å². The summed E-state index contributed by atoms with van der Waals surface area (Å²) in [5.41, 5.74) is 1.19. The van der Waals surface area contributed by atoms with E-state index in [9.17, 15) is 18.5 Å². The van der Waals surface area contributed by atoms with E-state index in [1.165, 1.54) is 12.1 Å². The van der Waals surface area contributed by atoms with Gasteiger partial charge in [0.25, 0.3) is 0 Å². The van der Waals surface area contributed by atoms with Crippen LogP contribution >= 0.6 is 0 Å². The molecule has 2 aromatic carbocycles. The van der Waals surface area contributed by atoms with Gasteiger partial charge in [-0.2, -0.15) is 0 Å². The monoisotopic (exact) mass is 302 g/mol. The molecule has 0 fully saturated rings. The molecule has 4 nitrogen and oxygen atoms in total. The van der Waals surface area contributed by atoms with Crippen molar-refractivity contribution in [3.8, 4) is 11.1 Å². The highest BCUT2D eigenvalue weighted by atomic mass is 32.2. The zero-order valence-corrected chi connectivity index (χ0v) is 12.1. The van der Waals surface area contributed by atoms with E-state index in [0.29, 0.717) is 11.1 Å². The van der Waals surface area contributed by atoms with E-state index >= 15 is 0 Å². The molecule has 0 aliphatic rings. The summed E-state index contributed by atoms with van der Waals surface area (Å²) in [6.07, 6.45) is 1.33. The minimum atomic E-state index is -3.51. The average molecular weight is 302 g/mol. The van der Waals surface area contributed by atoms with Crippen molar-refractivity contribution in [3.63, 3.8) is 0 Å². The van der Waals surface area contributed by atoms with E-state index in [1.54, 1.807) is 42.5 Å². The van der Waals surface area contributed by atoms with Crippen LogP contribution in [0.2, 0.25) is 0 Å². The second-order valence-electron chi connectivity index (χ2n) is 4.53. The van der Waals surface area contributed by atoms with Crippen molar-refractivity contribution in [2.45, 2.75) is 4.90 Å². The van der Waals surface area contributed by atoms with Crippen LogP contribution in [0.3, 0.4) is 0 Å². The quantitative estimate of drug-likeness (QED) is 0.638. The van der Waals surface area contributed by atoms with Crippen LogP contribution in [0, 0.1) is 0 Å². The van der Waals surface area contributed by atoms with E-state index in [1.807, 2.05) is 0 Å². The Morgan fingerprint density at radius 1 is 1.00 bits per heavy atom. The third-order valence-corrected chi connectivity index (χ3v) is 4.79. The molecule has 0 unspecified atom stereocenters. The standard InChI is InChI=1S/C15H15BO4S/c1-2-11-21(19,20)15-10-6-4-8-13(15)12-7-3-5-9-14(12)16(17)18/h2-10,17-18H,1,11H2. The van der Waals surface area contributed by atoms with Crippen LogP contribution in [0.15, 0.2) is 66.1 Å². The fraction of sp³-hybridized carbons (Fsp3) is 0.0667. The van der Waals surface area contributed by atoms with Gasteiger partial charge >= 0.3 is 7.12 Å². The Morgan fingerprint density at radius 3 is 2.19 bits per heavy atom. The highest BCUT2D eigenvalue weighted by Crippen LogP contribution is 2.27. The van der Waals surface area contributed by atoms with Crippen LogP contribution in [0.25, 0.3) is 11.1 Å². The van der Waals surface area contributed by atoms with Crippen molar-refractivity contribution in [3.05, 3.63) is 61.2 Å². The molecule has 0 aliphatic carbocycles. The highest BCUT2D eigenvalue weighted by molar-refractivity contribution is 7.91. The minimum absolute atomic E-state index is 0.151. The highest BCUT2D eigenvalue weighted by Gasteiger charge is 2.22. The van der Waals surface area contributed by atoms with Crippen molar-refractivity contribution >= 4 is 22.4 Å². The summed E-state index contributed by atoms with van der Waals surface area (Å²) in [7, 11) is -5.18. The average Bonchev–Trinajstić information content (AvgIpc) is 2.47. The molecule has 0 aromatic heterocycles. The molecular weight excluding hydrogens is 287 g/mol. The van der Waals surface area contributed by atoms with Gasteiger partial charge in [0, 0.05) is 0 Å². The molecule has 0 radical (unpaired) electrons. The summed E-state index contributed by atoms with van der Waals surface area (Å²) < 4.78 is 24.6. The van der Waals surface area contributed by atoms with Gasteiger partial charge in [0.2, 0.25) is 0 Å². The van der Waals surface area contributed by atoms with Crippen LogP contribution in [-0.2, 0) is 9.84 Å². The van der Waals surface area contributed by atoms with Gasteiger partial charge in [-0.1, -0.05) is 48.5 Å². The Hall–Kier alpha value is -1.89. The first-order valence-corrected chi connectivity index (χ1v) is 8.00. The third-order valence-electron chi connectivity index (χ3n) is 3.09. The van der Waals surface area contributed by atoms with Crippen molar-refractivity contribution in [2.75, 3.05) is 5.75 Å². The van der Waals surface area contributed by atoms with Crippen LogP contribution in [0.5, 0.6) is 0 Å². The first-order valence-electron chi connectivity index (χ1n) is 6.35. The lowest BCUT2D eigenvalue weighted by atomic mass is 9.75. The molecule has 0 heterocycles. The normalized spacial score (nSPS) is 11.1. The Bertz CT molecular complexity index is 754. The van der Waals surface area contributed by atoms with E-state index in [-0.39, 0.29) is 16.1 Å². The lowest BCUT2D eigenvalue weighted by Gasteiger charge is -2.13. The van der Waals surface area contributed by atoms with Crippen LogP contribution in [0.4, 0.5) is 0 Å². The molecule has 21 heavy (non-hydrogen) atoms. The minimum Gasteiger partial charge on any atom is -0.423 e. The lowest BCUT2D eigenvalue weighted by molar-refractivity contribution is 0.426. The smallest absolute Gasteiger partial charge is 0.423 e. The lowest BCUT2D eigenvalue weighted by Crippen LogP contribution is -2.31. The van der Waals surface area contributed by atoms with Gasteiger partial charge in [0.05, 0.1) is 10.6 Å². The Labute approximate surface area is 124 Å². The van der Waals surface area contributed by atoms with Crippen molar-refractivity contribution in [2.24, 2.45) is 0 Å². The molecule has 2 aromatic rings. The number of hydrogen-bond donors (Lipinski definition) is 2. The summed E-state index contributed by atoms with van der Waals surface area (Å²) in [4.78, 5) is 0.151. The van der Waals surface area contributed by atoms with Crippen molar-refractivity contribution in [1.29, 1.82) is 0 Å². The summed E-state index contributed by atoms with van der Waals surface area (Å²) >= 11 is 0. The molecule has 0 spiro atoms. The maximum absolute atomic E-state index is 12.3. The van der Waals surface area contributed by atoms with Gasteiger partial charge in [-0.25, -0.2) is 8.42 Å². The third kappa shape index (κ3) is 3.24. The topological polar surface area (TPSA) is 74.6 Å². The first kappa shape index (κ1) is 15.5. The molecule has 0 saturated heterocycles. The van der Waals surface area contributed by atoms with Gasteiger partial charge < -0.3 is 10.0 Å². The van der Waals surface area contributed by atoms with Gasteiger partial charge in [0.1, 0.15) is 0 Å². The van der Waals surface area contributed by atoms with Gasteiger partial charge in [-0.05, 0) is 22.7 Å².